The Bertz CT molecular complexity index is 1010. The lowest BCUT2D eigenvalue weighted by molar-refractivity contribution is -0.132. The number of benzene rings is 2. The second-order valence-corrected chi connectivity index (χ2v) is 7.25. The summed E-state index contributed by atoms with van der Waals surface area (Å²) in [4.78, 5) is 33.2. The van der Waals surface area contributed by atoms with E-state index < -0.39 is 12.2 Å². The molecule has 0 saturated carbocycles. The van der Waals surface area contributed by atoms with Gasteiger partial charge in [0, 0.05) is 12.4 Å². The minimum Gasteiger partial charge on any atom is -0.348 e. The highest BCUT2D eigenvalue weighted by Crippen LogP contribution is 2.22. The quantitative estimate of drug-likeness (QED) is 0.611. The van der Waals surface area contributed by atoms with Crippen LogP contribution >= 0.6 is 0 Å². The molecule has 1 aliphatic rings. The predicted molar refractivity (Wildman–Crippen MR) is 113 cm³/mol. The van der Waals surface area contributed by atoms with Crippen molar-refractivity contribution in [2.24, 2.45) is 0 Å². The third kappa shape index (κ3) is 4.52. The van der Waals surface area contributed by atoms with Crippen molar-refractivity contribution in [1.82, 2.24) is 25.9 Å². The first-order valence-corrected chi connectivity index (χ1v) is 9.88. The van der Waals surface area contributed by atoms with Crippen LogP contribution in [0.5, 0.6) is 0 Å². The largest absolute Gasteiger partial charge is 0.348 e. The van der Waals surface area contributed by atoms with Crippen molar-refractivity contribution in [2.45, 2.75) is 31.6 Å². The molecule has 3 atom stereocenters. The Labute approximate surface area is 175 Å². The zero-order valence-corrected chi connectivity index (χ0v) is 16.6. The standard InChI is InChI=1S/C23H23N5O2/c1-15(16-8-10-18(11-9-16)17-6-3-2-4-7-17)26-23(30)19-14-20(29)28-22(27-19)21-24-12-5-13-25-21/h2-13,15,19,22,27H,14H2,1H3,(H,26,30)(H,28,29)/t15-,19?,22?/m1/s1. The molecule has 3 aromatic rings. The monoisotopic (exact) mass is 401 g/mol. The highest BCUT2D eigenvalue weighted by atomic mass is 16.2. The Hall–Kier alpha value is -3.58. The Morgan fingerprint density at radius 3 is 2.37 bits per heavy atom. The van der Waals surface area contributed by atoms with Crippen molar-refractivity contribution in [1.29, 1.82) is 0 Å². The summed E-state index contributed by atoms with van der Waals surface area (Å²) in [7, 11) is 0. The summed E-state index contributed by atoms with van der Waals surface area (Å²) in [5, 5.41) is 8.88. The summed E-state index contributed by atoms with van der Waals surface area (Å²) in [5.74, 6) is -0.0236. The van der Waals surface area contributed by atoms with Crippen LogP contribution in [-0.4, -0.2) is 27.8 Å². The number of nitrogens with one attached hydrogen (secondary N) is 3. The van der Waals surface area contributed by atoms with Crippen molar-refractivity contribution in [3.05, 3.63) is 84.4 Å². The number of carbonyl (C=O) groups is 2. The van der Waals surface area contributed by atoms with Gasteiger partial charge in [0.1, 0.15) is 6.17 Å². The van der Waals surface area contributed by atoms with Crippen LogP contribution in [0.4, 0.5) is 0 Å². The molecule has 2 amide bonds. The molecule has 4 rings (SSSR count). The summed E-state index contributed by atoms with van der Waals surface area (Å²) in [5.41, 5.74) is 3.26. The van der Waals surface area contributed by atoms with E-state index in [1.807, 2.05) is 49.4 Å². The smallest absolute Gasteiger partial charge is 0.238 e. The van der Waals surface area contributed by atoms with Crippen molar-refractivity contribution < 1.29 is 9.59 Å². The Morgan fingerprint density at radius 1 is 1.00 bits per heavy atom. The second-order valence-electron chi connectivity index (χ2n) is 7.25. The fourth-order valence-electron chi connectivity index (χ4n) is 3.47. The van der Waals surface area contributed by atoms with Crippen molar-refractivity contribution in [3.63, 3.8) is 0 Å². The third-order valence-electron chi connectivity index (χ3n) is 5.10. The maximum absolute atomic E-state index is 12.8. The van der Waals surface area contributed by atoms with Gasteiger partial charge in [0.05, 0.1) is 18.5 Å². The van der Waals surface area contributed by atoms with Crippen molar-refractivity contribution in [3.8, 4) is 11.1 Å². The van der Waals surface area contributed by atoms with Crippen molar-refractivity contribution >= 4 is 11.8 Å². The second kappa shape index (κ2) is 8.84. The van der Waals surface area contributed by atoms with E-state index in [4.69, 9.17) is 0 Å². The van der Waals surface area contributed by atoms with Gasteiger partial charge < -0.3 is 10.6 Å². The summed E-state index contributed by atoms with van der Waals surface area (Å²) in [6.45, 7) is 1.93. The van der Waals surface area contributed by atoms with E-state index in [1.54, 1.807) is 18.5 Å². The lowest BCUT2D eigenvalue weighted by Gasteiger charge is -2.30. The maximum Gasteiger partial charge on any atom is 0.238 e. The zero-order valence-electron chi connectivity index (χ0n) is 16.6. The molecule has 1 aromatic heterocycles. The van der Waals surface area contributed by atoms with Crippen LogP contribution in [0.1, 0.15) is 36.9 Å². The Kier molecular flexibility index (Phi) is 5.81. The molecule has 1 saturated heterocycles. The first-order chi connectivity index (χ1) is 14.6. The molecule has 1 aliphatic heterocycles. The molecule has 30 heavy (non-hydrogen) atoms. The molecule has 2 aromatic carbocycles. The van der Waals surface area contributed by atoms with Gasteiger partial charge in [-0.3, -0.25) is 14.9 Å². The normalized spacial score (nSPS) is 19.6. The molecule has 0 bridgehead atoms. The molecule has 1 fully saturated rings. The number of amides is 2. The van der Waals surface area contributed by atoms with Crippen LogP contribution in [0.3, 0.4) is 0 Å². The number of carbonyl (C=O) groups excluding carboxylic acids is 2. The summed E-state index contributed by atoms with van der Waals surface area (Å²) in [6.07, 6.45) is 2.67. The fraction of sp³-hybridized carbons (Fsp3) is 0.217. The number of hydrogen-bond acceptors (Lipinski definition) is 5. The first-order valence-electron chi connectivity index (χ1n) is 9.88. The minimum atomic E-state index is -0.654. The Morgan fingerprint density at radius 2 is 1.67 bits per heavy atom. The topological polar surface area (TPSA) is 96.0 Å². The number of aromatic nitrogens is 2. The van der Waals surface area contributed by atoms with Gasteiger partial charge in [-0.1, -0.05) is 54.6 Å². The molecule has 0 aliphatic carbocycles. The third-order valence-corrected chi connectivity index (χ3v) is 5.10. The number of hydrogen-bond donors (Lipinski definition) is 3. The van der Waals surface area contributed by atoms with E-state index in [0.717, 1.165) is 16.7 Å². The SMILES string of the molecule is C[C@@H](NC(=O)C1CC(=O)NC(c2ncccn2)N1)c1ccc(-c2ccccc2)cc1. The van der Waals surface area contributed by atoms with Crippen LogP contribution in [0.25, 0.3) is 11.1 Å². The van der Waals surface area contributed by atoms with Gasteiger partial charge in [-0.2, -0.15) is 0 Å². The maximum atomic E-state index is 12.8. The molecule has 2 unspecified atom stereocenters. The lowest BCUT2D eigenvalue weighted by Crippen LogP contribution is -2.56. The lowest BCUT2D eigenvalue weighted by atomic mass is 10.0. The predicted octanol–water partition coefficient (Wildman–Crippen LogP) is 2.50. The van der Waals surface area contributed by atoms with E-state index in [1.165, 1.54) is 0 Å². The molecule has 2 heterocycles. The van der Waals surface area contributed by atoms with E-state index in [-0.39, 0.29) is 24.3 Å². The highest BCUT2D eigenvalue weighted by Gasteiger charge is 2.33. The van der Waals surface area contributed by atoms with Gasteiger partial charge in [-0.25, -0.2) is 9.97 Å². The fourth-order valence-corrected chi connectivity index (χ4v) is 3.47. The van der Waals surface area contributed by atoms with Crippen LogP contribution < -0.4 is 16.0 Å². The number of nitrogens with zero attached hydrogens (tertiary/aromatic N) is 2. The highest BCUT2D eigenvalue weighted by molar-refractivity contribution is 5.89. The van der Waals surface area contributed by atoms with Crippen molar-refractivity contribution in [2.75, 3.05) is 0 Å². The van der Waals surface area contributed by atoms with E-state index in [9.17, 15) is 9.59 Å². The minimum absolute atomic E-state index is 0.0643. The van der Waals surface area contributed by atoms with Crippen LogP contribution in [0.2, 0.25) is 0 Å². The van der Waals surface area contributed by atoms with Gasteiger partial charge in [0.15, 0.2) is 5.82 Å². The van der Waals surface area contributed by atoms with Gasteiger partial charge >= 0.3 is 0 Å². The average Bonchev–Trinajstić information content (AvgIpc) is 2.80. The summed E-state index contributed by atoms with van der Waals surface area (Å²) in [6, 6.07) is 19.1. The molecule has 3 N–H and O–H groups in total. The molecule has 7 nitrogen and oxygen atoms in total. The molecule has 0 radical (unpaired) electrons. The van der Waals surface area contributed by atoms with Crippen LogP contribution in [-0.2, 0) is 9.59 Å². The van der Waals surface area contributed by atoms with Gasteiger partial charge in [-0.15, -0.1) is 0 Å². The van der Waals surface area contributed by atoms with Gasteiger partial charge in [0.2, 0.25) is 11.8 Å². The molecule has 7 heteroatoms. The molecule has 0 spiro atoms. The van der Waals surface area contributed by atoms with Gasteiger partial charge in [0.25, 0.3) is 0 Å². The zero-order chi connectivity index (χ0) is 20.9. The van der Waals surface area contributed by atoms with E-state index in [0.29, 0.717) is 5.82 Å². The van der Waals surface area contributed by atoms with Crippen LogP contribution in [0.15, 0.2) is 73.1 Å². The molecular formula is C23H23N5O2. The van der Waals surface area contributed by atoms with Gasteiger partial charge in [-0.05, 0) is 29.7 Å². The molecular weight excluding hydrogens is 378 g/mol. The van der Waals surface area contributed by atoms with Crippen LogP contribution in [0, 0.1) is 0 Å². The first kappa shape index (κ1) is 19.7. The number of rotatable bonds is 5. The Balaban J connectivity index is 1.41. The summed E-state index contributed by atoms with van der Waals surface area (Å²) < 4.78 is 0. The van der Waals surface area contributed by atoms with E-state index >= 15 is 0 Å². The summed E-state index contributed by atoms with van der Waals surface area (Å²) >= 11 is 0. The average molecular weight is 401 g/mol. The van der Waals surface area contributed by atoms with E-state index in [2.05, 4.69) is 38.1 Å². The molecule has 152 valence electrons.